The largest absolute Gasteiger partial charge is 0.478 e. The first kappa shape index (κ1) is 16.5. The van der Waals surface area contributed by atoms with Gasteiger partial charge in [0.25, 0.3) is 0 Å². The van der Waals surface area contributed by atoms with E-state index in [0.29, 0.717) is 17.9 Å². The van der Waals surface area contributed by atoms with E-state index < -0.39 is 5.97 Å². The predicted octanol–water partition coefficient (Wildman–Crippen LogP) is 4.52. The van der Waals surface area contributed by atoms with Gasteiger partial charge in [-0.3, -0.25) is 0 Å². The summed E-state index contributed by atoms with van der Waals surface area (Å²) in [6, 6.07) is 21.2. The topological polar surface area (TPSA) is 46.5 Å². The van der Waals surface area contributed by atoms with Crippen molar-refractivity contribution < 1.29 is 14.6 Å². The molecule has 2 rings (SSSR count). The van der Waals surface area contributed by atoms with Gasteiger partial charge in [-0.2, -0.15) is 0 Å². The van der Waals surface area contributed by atoms with Gasteiger partial charge in [0.2, 0.25) is 0 Å². The van der Waals surface area contributed by atoms with Crippen molar-refractivity contribution in [1.82, 2.24) is 0 Å². The van der Waals surface area contributed by atoms with Crippen LogP contribution in [-0.4, -0.2) is 11.1 Å². The van der Waals surface area contributed by atoms with Crippen molar-refractivity contribution in [3.63, 3.8) is 0 Å². The van der Waals surface area contributed by atoms with Gasteiger partial charge >= 0.3 is 5.97 Å². The van der Waals surface area contributed by atoms with E-state index in [1.165, 1.54) is 0 Å². The fourth-order valence-corrected chi connectivity index (χ4v) is 1.55. The summed E-state index contributed by atoms with van der Waals surface area (Å²) in [5.41, 5.74) is 0.251. The molecule has 0 bridgehead atoms. The lowest BCUT2D eigenvalue weighted by atomic mass is 10.2. The molecule has 110 valence electrons. The van der Waals surface area contributed by atoms with E-state index in [2.05, 4.69) is 0 Å². The van der Waals surface area contributed by atoms with Crippen molar-refractivity contribution >= 4 is 5.97 Å². The van der Waals surface area contributed by atoms with E-state index in [0.717, 1.165) is 0 Å². The molecule has 0 aliphatic carbocycles. The first-order valence-electron chi connectivity index (χ1n) is 6.81. The summed E-state index contributed by atoms with van der Waals surface area (Å²) in [7, 11) is 0. The number of allylic oxidation sites excluding steroid dienone is 1. The lowest BCUT2D eigenvalue weighted by molar-refractivity contribution is -0.132. The van der Waals surface area contributed by atoms with E-state index in [1.807, 2.05) is 61.5 Å². The summed E-state index contributed by atoms with van der Waals surface area (Å²) >= 11 is 0. The number of aliphatic carboxylic acids is 1. The number of hydrogen-bond donors (Lipinski definition) is 1. The Kier molecular flexibility index (Phi) is 7.36. The summed E-state index contributed by atoms with van der Waals surface area (Å²) < 4.78 is 5.49. The van der Waals surface area contributed by atoms with Crippen molar-refractivity contribution in [2.24, 2.45) is 0 Å². The normalized spacial score (nSPS) is 10.8. The third kappa shape index (κ3) is 6.43. The molecule has 0 fully saturated rings. The molecule has 0 aliphatic rings. The summed E-state index contributed by atoms with van der Waals surface area (Å²) in [5.74, 6) is 0.214. The number of para-hydroxylation sites is 1. The fourth-order valence-electron chi connectivity index (χ4n) is 1.55. The maximum Gasteiger partial charge on any atom is 0.334 e. The van der Waals surface area contributed by atoms with Crippen LogP contribution in [0, 0.1) is 0 Å². The van der Waals surface area contributed by atoms with Crippen molar-refractivity contribution in [3.8, 4) is 5.75 Å². The Bertz CT molecular complexity index is 533. The minimum Gasteiger partial charge on any atom is -0.478 e. The number of carboxylic acids is 1. The molecule has 2 aromatic carbocycles. The maximum absolute atomic E-state index is 10.8. The van der Waals surface area contributed by atoms with E-state index in [1.54, 1.807) is 19.1 Å². The first-order chi connectivity index (χ1) is 10.1. The zero-order valence-corrected chi connectivity index (χ0v) is 12.3. The molecule has 0 saturated heterocycles. The highest BCUT2D eigenvalue weighted by Crippen LogP contribution is 2.17. The van der Waals surface area contributed by atoms with Crippen molar-refractivity contribution in [2.45, 2.75) is 20.3 Å². The monoisotopic (exact) mass is 284 g/mol. The van der Waals surface area contributed by atoms with Crippen LogP contribution < -0.4 is 4.74 Å². The SMILES string of the molecule is CCC(Oc1ccccc1)=C(C)C(=O)O.c1ccccc1. The molecule has 0 spiro atoms. The molecular formula is C18H20O3. The molecule has 0 radical (unpaired) electrons. The quantitative estimate of drug-likeness (QED) is 0.663. The highest BCUT2D eigenvalue weighted by Gasteiger charge is 2.09. The third-order valence-corrected chi connectivity index (χ3v) is 2.71. The van der Waals surface area contributed by atoms with Crippen LogP contribution in [0.5, 0.6) is 5.75 Å². The molecular weight excluding hydrogens is 264 g/mol. The van der Waals surface area contributed by atoms with Crippen LogP contribution >= 0.6 is 0 Å². The molecule has 0 saturated carbocycles. The molecule has 21 heavy (non-hydrogen) atoms. The van der Waals surface area contributed by atoms with Crippen LogP contribution in [0.15, 0.2) is 78.1 Å². The Morgan fingerprint density at radius 3 is 1.76 bits per heavy atom. The highest BCUT2D eigenvalue weighted by atomic mass is 16.5. The summed E-state index contributed by atoms with van der Waals surface area (Å²) in [4.78, 5) is 10.8. The van der Waals surface area contributed by atoms with Gasteiger partial charge < -0.3 is 9.84 Å². The average molecular weight is 284 g/mol. The Morgan fingerprint density at radius 2 is 1.38 bits per heavy atom. The summed E-state index contributed by atoms with van der Waals surface area (Å²) in [5, 5.41) is 8.82. The maximum atomic E-state index is 10.8. The van der Waals surface area contributed by atoms with E-state index in [4.69, 9.17) is 9.84 Å². The molecule has 0 aliphatic heterocycles. The molecule has 3 nitrogen and oxygen atoms in total. The fraction of sp³-hybridized carbons (Fsp3) is 0.167. The van der Waals surface area contributed by atoms with Crippen LogP contribution in [0.2, 0.25) is 0 Å². The van der Waals surface area contributed by atoms with Gasteiger partial charge in [-0.25, -0.2) is 4.79 Å². The number of benzene rings is 2. The van der Waals surface area contributed by atoms with Gasteiger partial charge in [0, 0.05) is 6.42 Å². The predicted molar refractivity (Wildman–Crippen MR) is 84.1 cm³/mol. The Balaban J connectivity index is 0.000000304. The molecule has 0 unspecified atom stereocenters. The van der Waals surface area contributed by atoms with Gasteiger partial charge in [-0.15, -0.1) is 0 Å². The van der Waals surface area contributed by atoms with Crippen LogP contribution in [0.25, 0.3) is 0 Å². The molecule has 1 N–H and O–H groups in total. The van der Waals surface area contributed by atoms with E-state index >= 15 is 0 Å². The molecule has 0 aromatic heterocycles. The second-order valence-electron chi connectivity index (χ2n) is 4.28. The number of ether oxygens (including phenoxy) is 1. The number of rotatable bonds is 4. The molecule has 3 heteroatoms. The minimum absolute atomic E-state index is 0.251. The first-order valence-corrected chi connectivity index (χ1v) is 6.81. The van der Waals surface area contributed by atoms with Crippen molar-refractivity contribution in [2.75, 3.05) is 0 Å². The second-order valence-corrected chi connectivity index (χ2v) is 4.28. The number of carboxylic acid groups (broad SMARTS) is 1. The van der Waals surface area contributed by atoms with Gasteiger partial charge in [-0.1, -0.05) is 61.5 Å². The van der Waals surface area contributed by atoms with E-state index in [-0.39, 0.29) is 5.57 Å². The number of hydrogen-bond acceptors (Lipinski definition) is 2. The third-order valence-electron chi connectivity index (χ3n) is 2.71. The molecule has 0 amide bonds. The van der Waals surface area contributed by atoms with Crippen LogP contribution in [0.1, 0.15) is 20.3 Å². The lowest BCUT2D eigenvalue weighted by Crippen LogP contribution is -2.05. The Hall–Kier alpha value is -2.55. The van der Waals surface area contributed by atoms with Gasteiger partial charge in [0.1, 0.15) is 11.5 Å². The Labute approximate surface area is 125 Å². The summed E-state index contributed by atoms with van der Waals surface area (Å²) in [6.45, 7) is 3.41. The molecule has 0 heterocycles. The zero-order chi connectivity index (χ0) is 15.5. The lowest BCUT2D eigenvalue weighted by Gasteiger charge is -2.09. The van der Waals surface area contributed by atoms with Crippen molar-refractivity contribution in [1.29, 1.82) is 0 Å². The zero-order valence-electron chi connectivity index (χ0n) is 12.3. The summed E-state index contributed by atoms with van der Waals surface area (Å²) in [6.07, 6.45) is 0.563. The Morgan fingerprint density at radius 1 is 0.952 bits per heavy atom. The van der Waals surface area contributed by atoms with Crippen LogP contribution in [-0.2, 0) is 4.79 Å². The molecule has 0 atom stereocenters. The van der Waals surface area contributed by atoms with Gasteiger partial charge in [0.05, 0.1) is 5.57 Å². The van der Waals surface area contributed by atoms with Gasteiger partial charge in [-0.05, 0) is 19.1 Å². The second kappa shape index (κ2) is 9.37. The smallest absolute Gasteiger partial charge is 0.334 e. The van der Waals surface area contributed by atoms with Crippen LogP contribution in [0.4, 0.5) is 0 Å². The average Bonchev–Trinajstić information content (AvgIpc) is 2.55. The number of carbonyl (C=O) groups is 1. The van der Waals surface area contributed by atoms with Crippen molar-refractivity contribution in [3.05, 3.63) is 78.1 Å². The van der Waals surface area contributed by atoms with E-state index in [9.17, 15) is 4.79 Å². The molecule has 2 aromatic rings. The van der Waals surface area contributed by atoms with Crippen LogP contribution in [0.3, 0.4) is 0 Å². The standard InChI is InChI=1S/C12H14O3.C6H6/c1-3-11(9(2)12(13)14)15-10-7-5-4-6-8-10;1-2-4-6-5-3-1/h4-8H,3H2,1-2H3,(H,13,14);1-6H. The van der Waals surface area contributed by atoms with Gasteiger partial charge in [0.15, 0.2) is 0 Å². The highest BCUT2D eigenvalue weighted by molar-refractivity contribution is 5.86. The minimum atomic E-state index is -0.942.